The molecule has 2 aromatic carbocycles. The zero-order valence-electron chi connectivity index (χ0n) is 17.8. The number of H-pyrrole nitrogens is 1. The fourth-order valence-corrected chi connectivity index (χ4v) is 3.95. The summed E-state index contributed by atoms with van der Waals surface area (Å²) < 4.78 is 0. The van der Waals surface area contributed by atoms with Gasteiger partial charge < -0.3 is 15.2 Å². The van der Waals surface area contributed by atoms with Crippen molar-refractivity contribution in [2.75, 3.05) is 13.1 Å². The first-order valence-corrected chi connectivity index (χ1v) is 10.7. The van der Waals surface area contributed by atoms with E-state index in [1.54, 1.807) is 35.2 Å². The lowest BCUT2D eigenvalue weighted by molar-refractivity contribution is 0.0798. The summed E-state index contributed by atoms with van der Waals surface area (Å²) in [7, 11) is 0. The molecule has 0 fully saturated rings. The number of aryl methyl sites for hydroxylation is 1. The van der Waals surface area contributed by atoms with Gasteiger partial charge in [-0.2, -0.15) is 0 Å². The number of aromatic nitrogens is 2. The van der Waals surface area contributed by atoms with E-state index in [1.807, 2.05) is 39.0 Å². The molecule has 1 atom stereocenters. The van der Waals surface area contributed by atoms with Crippen molar-refractivity contribution < 1.29 is 9.59 Å². The van der Waals surface area contributed by atoms with Gasteiger partial charge in [-0.1, -0.05) is 37.6 Å². The van der Waals surface area contributed by atoms with Crippen molar-refractivity contribution in [2.45, 2.75) is 26.8 Å². The van der Waals surface area contributed by atoms with Crippen LogP contribution in [-0.2, 0) is 0 Å². The molecule has 3 aromatic rings. The molecule has 0 bridgehead atoms. The van der Waals surface area contributed by atoms with Crippen LogP contribution in [0.1, 0.15) is 52.0 Å². The second-order valence-electron chi connectivity index (χ2n) is 8.19. The summed E-state index contributed by atoms with van der Waals surface area (Å²) in [5.41, 5.74) is 3.55. The van der Waals surface area contributed by atoms with Crippen molar-refractivity contribution in [3.05, 3.63) is 76.1 Å². The van der Waals surface area contributed by atoms with Crippen molar-refractivity contribution in [2.24, 2.45) is 5.92 Å². The maximum absolute atomic E-state index is 13.0. The first-order chi connectivity index (χ1) is 14.8. The zero-order chi connectivity index (χ0) is 22.1. The minimum atomic E-state index is -0.295. The quantitative estimate of drug-likeness (QED) is 0.571. The molecule has 0 saturated heterocycles. The third-order valence-corrected chi connectivity index (χ3v) is 5.77. The Labute approximate surface area is 186 Å². The summed E-state index contributed by atoms with van der Waals surface area (Å²) in [5.74, 6) is 0.577. The van der Waals surface area contributed by atoms with E-state index in [-0.39, 0.29) is 23.8 Å². The minimum Gasteiger partial charge on any atom is -0.342 e. The molecule has 0 aliphatic carbocycles. The highest BCUT2D eigenvalue weighted by Gasteiger charge is 2.24. The number of nitrogens with zero attached hydrogens (tertiary/aromatic N) is 2. The number of carbonyl (C=O) groups excluding carboxylic acids is 2. The van der Waals surface area contributed by atoms with Crippen molar-refractivity contribution in [1.29, 1.82) is 0 Å². The third-order valence-electron chi connectivity index (χ3n) is 5.54. The smallest absolute Gasteiger partial charge is 0.254 e. The summed E-state index contributed by atoms with van der Waals surface area (Å²) in [6, 6.07) is 10.4. The molecule has 0 unspecified atom stereocenters. The highest BCUT2D eigenvalue weighted by Crippen LogP contribution is 2.25. The fraction of sp³-hybridized carbons (Fsp3) is 0.292. The monoisotopic (exact) mass is 436 g/mol. The predicted molar refractivity (Wildman–Crippen MR) is 122 cm³/mol. The highest BCUT2D eigenvalue weighted by molar-refractivity contribution is 6.31. The third kappa shape index (κ3) is 4.35. The highest BCUT2D eigenvalue weighted by atomic mass is 35.5. The van der Waals surface area contributed by atoms with E-state index in [1.165, 1.54) is 0 Å². The Morgan fingerprint density at radius 2 is 1.87 bits per heavy atom. The second kappa shape index (κ2) is 8.55. The number of imidazole rings is 1. The molecule has 160 valence electrons. The lowest BCUT2D eigenvalue weighted by atomic mass is 10.0. The van der Waals surface area contributed by atoms with Crippen LogP contribution >= 0.6 is 11.6 Å². The van der Waals surface area contributed by atoms with Gasteiger partial charge in [-0.05, 0) is 54.8 Å². The number of hydrogen-bond donors (Lipinski definition) is 2. The normalized spacial score (nSPS) is 14.4. The number of nitrogens with one attached hydrogen (secondary N) is 2. The van der Waals surface area contributed by atoms with Gasteiger partial charge >= 0.3 is 0 Å². The number of fused-ring (bicyclic) bond motifs is 1. The minimum absolute atomic E-state index is 0.0181. The van der Waals surface area contributed by atoms with Gasteiger partial charge in [0.1, 0.15) is 5.82 Å². The molecule has 0 radical (unpaired) electrons. The average Bonchev–Trinajstić information content (AvgIpc) is 3.40. The molecular formula is C24H25ClN4O2. The second-order valence-corrected chi connectivity index (χ2v) is 8.63. The lowest BCUT2D eigenvalue weighted by Crippen LogP contribution is -2.33. The number of carbonyl (C=O) groups is 2. The molecule has 31 heavy (non-hydrogen) atoms. The van der Waals surface area contributed by atoms with Gasteiger partial charge in [-0.3, -0.25) is 9.59 Å². The van der Waals surface area contributed by atoms with Gasteiger partial charge in [0.25, 0.3) is 11.8 Å². The SMILES string of the molecule is Cc1cc(C(=O)N[C@H](c2nc3cc(Cl)ccc3[nH]2)C(C)C)ccc1C(=O)N1CC=CC1. The molecule has 1 aliphatic heterocycles. The van der Waals surface area contributed by atoms with E-state index in [2.05, 4.69) is 15.3 Å². The summed E-state index contributed by atoms with van der Waals surface area (Å²) >= 11 is 6.07. The molecule has 0 saturated carbocycles. The number of hydrogen-bond acceptors (Lipinski definition) is 3. The van der Waals surface area contributed by atoms with E-state index >= 15 is 0 Å². The van der Waals surface area contributed by atoms with Crippen LogP contribution in [0.15, 0.2) is 48.6 Å². The predicted octanol–water partition coefficient (Wildman–Crippen LogP) is 4.66. The van der Waals surface area contributed by atoms with Gasteiger partial charge in [0.15, 0.2) is 0 Å². The summed E-state index contributed by atoms with van der Waals surface area (Å²) in [6.07, 6.45) is 3.96. The summed E-state index contributed by atoms with van der Waals surface area (Å²) in [6.45, 7) is 7.17. The van der Waals surface area contributed by atoms with Gasteiger partial charge in [0.05, 0.1) is 17.1 Å². The summed E-state index contributed by atoms with van der Waals surface area (Å²) in [4.78, 5) is 35.4. The van der Waals surface area contributed by atoms with Gasteiger partial charge in [-0.15, -0.1) is 0 Å². The molecule has 1 aliphatic rings. The van der Waals surface area contributed by atoms with Crippen LogP contribution in [0.3, 0.4) is 0 Å². The Bertz CT molecular complexity index is 1170. The number of aromatic amines is 1. The van der Waals surface area contributed by atoms with Gasteiger partial charge in [0, 0.05) is 29.2 Å². The molecule has 1 aromatic heterocycles. The zero-order valence-corrected chi connectivity index (χ0v) is 18.5. The Kier molecular flexibility index (Phi) is 5.83. The number of amides is 2. The van der Waals surface area contributed by atoms with Crippen LogP contribution in [0.25, 0.3) is 11.0 Å². The van der Waals surface area contributed by atoms with E-state index in [9.17, 15) is 9.59 Å². The van der Waals surface area contributed by atoms with E-state index in [0.29, 0.717) is 35.1 Å². The maximum Gasteiger partial charge on any atom is 0.254 e. The Morgan fingerprint density at radius 1 is 1.13 bits per heavy atom. The molecule has 2 N–H and O–H groups in total. The van der Waals surface area contributed by atoms with Crippen molar-refractivity contribution in [1.82, 2.24) is 20.2 Å². The molecule has 7 heteroatoms. The van der Waals surface area contributed by atoms with Crippen LogP contribution in [0.2, 0.25) is 5.02 Å². The molecular weight excluding hydrogens is 412 g/mol. The lowest BCUT2D eigenvalue weighted by Gasteiger charge is -2.21. The number of rotatable bonds is 5. The van der Waals surface area contributed by atoms with E-state index in [0.717, 1.165) is 16.6 Å². The van der Waals surface area contributed by atoms with Crippen LogP contribution in [0.5, 0.6) is 0 Å². The van der Waals surface area contributed by atoms with Crippen molar-refractivity contribution >= 4 is 34.4 Å². The molecule has 0 spiro atoms. The van der Waals surface area contributed by atoms with E-state index in [4.69, 9.17) is 11.6 Å². The summed E-state index contributed by atoms with van der Waals surface area (Å²) in [5, 5.41) is 3.70. The van der Waals surface area contributed by atoms with Crippen molar-refractivity contribution in [3.8, 4) is 0 Å². The average molecular weight is 437 g/mol. The Morgan fingerprint density at radius 3 is 2.55 bits per heavy atom. The standard InChI is InChI=1S/C24H25ClN4O2/c1-14(2)21(22-26-19-9-7-17(25)13-20(19)27-22)28-23(30)16-6-8-18(15(3)12-16)24(31)29-10-4-5-11-29/h4-9,12-14,21H,10-11H2,1-3H3,(H,26,27)(H,28,30)/t21-/m0/s1. The largest absolute Gasteiger partial charge is 0.342 e. The Hall–Kier alpha value is -3.12. The van der Waals surface area contributed by atoms with Gasteiger partial charge in [-0.25, -0.2) is 4.98 Å². The van der Waals surface area contributed by atoms with Crippen LogP contribution < -0.4 is 5.32 Å². The first-order valence-electron chi connectivity index (χ1n) is 10.3. The Balaban J connectivity index is 1.54. The van der Waals surface area contributed by atoms with Crippen LogP contribution in [0.4, 0.5) is 0 Å². The molecule has 4 rings (SSSR count). The number of benzene rings is 2. The molecule has 2 amide bonds. The topological polar surface area (TPSA) is 78.1 Å². The van der Waals surface area contributed by atoms with Crippen LogP contribution in [0, 0.1) is 12.8 Å². The number of halogens is 1. The van der Waals surface area contributed by atoms with Crippen LogP contribution in [-0.4, -0.2) is 39.8 Å². The fourth-order valence-electron chi connectivity index (χ4n) is 3.78. The first kappa shape index (κ1) is 21.1. The van der Waals surface area contributed by atoms with E-state index < -0.39 is 0 Å². The van der Waals surface area contributed by atoms with Crippen molar-refractivity contribution in [3.63, 3.8) is 0 Å². The van der Waals surface area contributed by atoms with Gasteiger partial charge in [0.2, 0.25) is 0 Å². The molecule has 2 heterocycles. The maximum atomic E-state index is 13.0. The molecule has 6 nitrogen and oxygen atoms in total.